The summed E-state index contributed by atoms with van der Waals surface area (Å²) in [6.45, 7) is 0.141. The summed E-state index contributed by atoms with van der Waals surface area (Å²) in [6, 6.07) is 10.0. The van der Waals surface area contributed by atoms with Crippen LogP contribution in [0.4, 0.5) is 18.9 Å². The van der Waals surface area contributed by atoms with Gasteiger partial charge in [0.15, 0.2) is 0 Å². The number of primary sulfonamides is 1. The minimum Gasteiger partial charge on any atom is -0.386 e. The fourth-order valence-electron chi connectivity index (χ4n) is 2.24. The SMILES string of the molecule is N#C/C(=C/NCc1ccc(S(N)(=O)=O)cc1)C(=O)Nc1ccc(Cl)c(C(F)(F)F)c1. The monoisotopic (exact) mass is 458 g/mol. The van der Waals surface area contributed by atoms with E-state index in [1.54, 1.807) is 6.07 Å². The Labute approximate surface area is 175 Å². The number of hydrogen-bond donors (Lipinski definition) is 3. The number of hydrogen-bond acceptors (Lipinski definition) is 5. The van der Waals surface area contributed by atoms with E-state index in [0.29, 0.717) is 11.6 Å². The molecule has 2 rings (SSSR count). The van der Waals surface area contributed by atoms with Crippen LogP contribution in [0.5, 0.6) is 0 Å². The van der Waals surface area contributed by atoms with Crippen LogP contribution in [0, 0.1) is 11.3 Å². The quantitative estimate of drug-likeness (QED) is 0.453. The second kappa shape index (κ2) is 9.17. The molecular formula is C18H14ClF3N4O3S. The van der Waals surface area contributed by atoms with E-state index in [1.807, 2.05) is 0 Å². The van der Waals surface area contributed by atoms with Crippen LogP contribution < -0.4 is 15.8 Å². The van der Waals surface area contributed by atoms with Crippen molar-refractivity contribution in [2.24, 2.45) is 5.14 Å². The maximum atomic E-state index is 12.9. The molecule has 2 aromatic carbocycles. The summed E-state index contributed by atoms with van der Waals surface area (Å²) in [5, 5.41) is 18.5. The van der Waals surface area contributed by atoms with E-state index < -0.39 is 32.7 Å². The van der Waals surface area contributed by atoms with Crippen molar-refractivity contribution in [2.45, 2.75) is 17.6 Å². The first-order valence-corrected chi connectivity index (χ1v) is 9.97. The average molecular weight is 459 g/mol. The van der Waals surface area contributed by atoms with E-state index in [4.69, 9.17) is 22.0 Å². The molecule has 0 aliphatic heterocycles. The highest BCUT2D eigenvalue weighted by atomic mass is 35.5. The van der Waals surface area contributed by atoms with Crippen molar-refractivity contribution in [3.63, 3.8) is 0 Å². The van der Waals surface area contributed by atoms with E-state index in [2.05, 4.69) is 10.6 Å². The van der Waals surface area contributed by atoms with Gasteiger partial charge in [0.25, 0.3) is 5.91 Å². The smallest absolute Gasteiger partial charge is 0.386 e. The zero-order chi connectivity index (χ0) is 22.5. The molecule has 0 fully saturated rings. The molecule has 0 spiro atoms. The van der Waals surface area contributed by atoms with E-state index in [1.165, 1.54) is 30.3 Å². The molecule has 0 unspecified atom stereocenters. The van der Waals surface area contributed by atoms with Gasteiger partial charge in [0.1, 0.15) is 11.6 Å². The number of nitriles is 1. The van der Waals surface area contributed by atoms with Crippen LogP contribution in [-0.2, 0) is 27.5 Å². The van der Waals surface area contributed by atoms with Crippen LogP contribution in [0.15, 0.2) is 59.1 Å². The number of amides is 1. The highest BCUT2D eigenvalue weighted by Gasteiger charge is 2.33. The molecule has 12 heteroatoms. The molecule has 0 aromatic heterocycles. The standard InChI is InChI=1S/C18H14ClF3N4O3S/c19-16-6-3-13(7-15(16)18(20,21)22)26-17(27)12(8-23)10-25-9-11-1-4-14(5-2-11)30(24,28)29/h1-7,10,25H,9H2,(H,26,27)(H2,24,28,29)/b12-10-. The number of halogens is 4. The molecule has 1 amide bonds. The lowest BCUT2D eigenvalue weighted by atomic mass is 10.2. The zero-order valence-electron chi connectivity index (χ0n) is 15.0. The largest absolute Gasteiger partial charge is 0.417 e. The van der Waals surface area contributed by atoms with Gasteiger partial charge in [-0.15, -0.1) is 0 Å². The van der Waals surface area contributed by atoms with Gasteiger partial charge in [0.2, 0.25) is 10.0 Å². The number of anilines is 1. The lowest BCUT2D eigenvalue weighted by molar-refractivity contribution is -0.137. The molecule has 0 radical (unpaired) electrons. The molecule has 0 saturated carbocycles. The fraction of sp³-hybridized carbons (Fsp3) is 0.111. The molecule has 7 nitrogen and oxygen atoms in total. The Hall–Kier alpha value is -3.07. The second-order valence-electron chi connectivity index (χ2n) is 5.89. The number of alkyl halides is 3. The maximum Gasteiger partial charge on any atom is 0.417 e. The van der Waals surface area contributed by atoms with Crippen LogP contribution in [0.25, 0.3) is 0 Å². The topological polar surface area (TPSA) is 125 Å². The fourth-order valence-corrected chi connectivity index (χ4v) is 2.98. The number of benzene rings is 2. The molecule has 30 heavy (non-hydrogen) atoms. The van der Waals surface area contributed by atoms with E-state index >= 15 is 0 Å². The van der Waals surface area contributed by atoms with Crippen LogP contribution in [0.3, 0.4) is 0 Å². The normalized spacial score (nSPS) is 12.2. The van der Waals surface area contributed by atoms with Crippen molar-refractivity contribution in [3.05, 3.63) is 70.4 Å². The molecule has 0 aliphatic carbocycles. The molecule has 0 bridgehead atoms. The summed E-state index contributed by atoms with van der Waals surface area (Å²) >= 11 is 5.52. The van der Waals surface area contributed by atoms with E-state index in [9.17, 15) is 26.4 Å². The molecule has 0 saturated heterocycles. The molecule has 2 aromatic rings. The number of carbonyl (C=O) groups excluding carboxylic acids is 1. The summed E-state index contributed by atoms with van der Waals surface area (Å²) in [7, 11) is -3.82. The Morgan fingerprint density at radius 2 is 1.83 bits per heavy atom. The van der Waals surface area contributed by atoms with E-state index in [-0.39, 0.29) is 22.7 Å². The van der Waals surface area contributed by atoms with Crippen LogP contribution in [0.1, 0.15) is 11.1 Å². The zero-order valence-corrected chi connectivity index (χ0v) is 16.6. The summed E-state index contributed by atoms with van der Waals surface area (Å²) in [4.78, 5) is 12.1. The Kier molecular flexibility index (Phi) is 7.09. The minimum atomic E-state index is -4.70. The lowest BCUT2D eigenvalue weighted by Crippen LogP contribution is -2.17. The van der Waals surface area contributed by atoms with Gasteiger partial charge in [0.05, 0.1) is 15.5 Å². The van der Waals surface area contributed by atoms with Crippen molar-refractivity contribution < 1.29 is 26.4 Å². The first-order chi connectivity index (χ1) is 13.9. The molecule has 0 aliphatic rings. The number of rotatable bonds is 6. The van der Waals surface area contributed by atoms with Gasteiger partial charge in [-0.1, -0.05) is 23.7 Å². The third kappa shape index (κ3) is 6.21. The summed E-state index contributed by atoms with van der Waals surface area (Å²) in [5.41, 5.74) is -1.06. The van der Waals surface area contributed by atoms with Crippen LogP contribution in [-0.4, -0.2) is 14.3 Å². The van der Waals surface area contributed by atoms with Crippen molar-refractivity contribution in [1.82, 2.24) is 5.32 Å². The van der Waals surface area contributed by atoms with Gasteiger partial charge in [-0.05, 0) is 35.9 Å². The molecule has 4 N–H and O–H groups in total. The summed E-state index contributed by atoms with van der Waals surface area (Å²) in [6.07, 6.45) is -3.62. The van der Waals surface area contributed by atoms with Gasteiger partial charge in [-0.2, -0.15) is 18.4 Å². The van der Waals surface area contributed by atoms with Crippen LogP contribution >= 0.6 is 11.6 Å². The highest BCUT2D eigenvalue weighted by molar-refractivity contribution is 7.89. The number of nitrogens with two attached hydrogens (primary N) is 1. The molecular weight excluding hydrogens is 445 g/mol. The van der Waals surface area contributed by atoms with Crippen LogP contribution in [0.2, 0.25) is 5.02 Å². The molecule has 158 valence electrons. The lowest BCUT2D eigenvalue weighted by Gasteiger charge is -2.11. The summed E-state index contributed by atoms with van der Waals surface area (Å²) in [5.74, 6) is -0.926. The van der Waals surface area contributed by atoms with Crippen molar-refractivity contribution in [1.29, 1.82) is 5.26 Å². The Bertz CT molecular complexity index is 1120. The second-order valence-corrected chi connectivity index (χ2v) is 7.85. The predicted molar refractivity (Wildman–Crippen MR) is 103 cm³/mol. The third-order valence-electron chi connectivity index (χ3n) is 3.70. The first kappa shape index (κ1) is 23.2. The maximum absolute atomic E-state index is 12.9. The predicted octanol–water partition coefficient (Wildman–Crippen LogP) is 3.14. The molecule has 0 atom stereocenters. The van der Waals surface area contributed by atoms with Crippen molar-refractivity contribution in [2.75, 3.05) is 5.32 Å². The molecule has 0 heterocycles. The third-order valence-corrected chi connectivity index (χ3v) is 4.96. The van der Waals surface area contributed by atoms with Crippen molar-refractivity contribution in [3.8, 4) is 6.07 Å². The van der Waals surface area contributed by atoms with Gasteiger partial charge in [-0.3, -0.25) is 4.79 Å². The number of sulfonamides is 1. The van der Waals surface area contributed by atoms with Gasteiger partial charge < -0.3 is 10.6 Å². The first-order valence-electron chi connectivity index (χ1n) is 8.05. The van der Waals surface area contributed by atoms with Gasteiger partial charge in [-0.25, -0.2) is 13.6 Å². The minimum absolute atomic E-state index is 0.0694. The van der Waals surface area contributed by atoms with Gasteiger partial charge >= 0.3 is 6.18 Å². The van der Waals surface area contributed by atoms with E-state index in [0.717, 1.165) is 12.3 Å². The number of nitrogens with zero attached hydrogens (tertiary/aromatic N) is 1. The van der Waals surface area contributed by atoms with Crippen molar-refractivity contribution >= 4 is 33.2 Å². The average Bonchev–Trinajstić information content (AvgIpc) is 2.65. The Balaban J connectivity index is 2.06. The number of nitrogens with one attached hydrogen (secondary N) is 2. The number of carbonyl (C=O) groups is 1. The highest BCUT2D eigenvalue weighted by Crippen LogP contribution is 2.36. The Morgan fingerprint density at radius 3 is 2.37 bits per heavy atom. The Morgan fingerprint density at radius 1 is 1.20 bits per heavy atom. The van der Waals surface area contributed by atoms with Gasteiger partial charge in [0, 0.05) is 18.4 Å². The summed E-state index contributed by atoms with van der Waals surface area (Å²) < 4.78 is 61.1.